The third-order valence-electron chi connectivity index (χ3n) is 2.61. The van der Waals surface area contributed by atoms with Gasteiger partial charge in [0.25, 0.3) is 0 Å². The van der Waals surface area contributed by atoms with Gasteiger partial charge < -0.3 is 10.0 Å². The van der Waals surface area contributed by atoms with E-state index in [4.69, 9.17) is 10.4 Å². The number of aromatic nitrogens is 1. The van der Waals surface area contributed by atoms with E-state index in [-0.39, 0.29) is 5.69 Å². The summed E-state index contributed by atoms with van der Waals surface area (Å²) in [5.41, 5.74) is -0.113. The number of aliphatic carboxylic acids is 1. The van der Waals surface area contributed by atoms with E-state index in [1.54, 1.807) is 37.9 Å². The van der Waals surface area contributed by atoms with E-state index in [0.717, 1.165) is 0 Å². The number of carboxylic acids is 1. The third-order valence-corrected chi connectivity index (χ3v) is 2.61. The van der Waals surface area contributed by atoms with Gasteiger partial charge in [-0.15, -0.1) is 0 Å². The van der Waals surface area contributed by atoms with Crippen LogP contribution in [0, 0.1) is 11.3 Å². The summed E-state index contributed by atoms with van der Waals surface area (Å²) in [6.45, 7) is 3.20. The highest BCUT2D eigenvalue weighted by molar-refractivity contribution is 5.82. The Morgan fingerprint density at radius 1 is 1.62 bits per heavy atom. The molecule has 0 aliphatic carbocycles. The summed E-state index contributed by atoms with van der Waals surface area (Å²) < 4.78 is 0. The van der Waals surface area contributed by atoms with Crippen LogP contribution in [0.1, 0.15) is 19.5 Å². The molecule has 1 rings (SSSR count). The first kappa shape index (κ1) is 12.0. The first-order valence-electron chi connectivity index (χ1n) is 4.73. The average Bonchev–Trinajstić information content (AvgIpc) is 2.27. The van der Waals surface area contributed by atoms with Crippen LogP contribution in [-0.2, 0) is 4.79 Å². The first-order valence-corrected chi connectivity index (χ1v) is 4.73. The van der Waals surface area contributed by atoms with E-state index < -0.39 is 11.5 Å². The zero-order valence-corrected chi connectivity index (χ0v) is 9.43. The van der Waals surface area contributed by atoms with Crippen molar-refractivity contribution < 1.29 is 9.90 Å². The highest BCUT2D eigenvalue weighted by Gasteiger charge is 2.32. The second-order valence-electron chi connectivity index (χ2n) is 3.93. The number of hydrogen-bond acceptors (Lipinski definition) is 4. The quantitative estimate of drug-likeness (QED) is 0.827. The maximum atomic E-state index is 11.1. The van der Waals surface area contributed by atoms with Gasteiger partial charge in [0.05, 0.1) is 0 Å². The van der Waals surface area contributed by atoms with Crippen LogP contribution >= 0.6 is 0 Å². The lowest BCUT2D eigenvalue weighted by Crippen LogP contribution is -2.48. The van der Waals surface area contributed by atoms with Crippen molar-refractivity contribution in [3.63, 3.8) is 0 Å². The molecule has 0 amide bonds. The number of carbonyl (C=O) groups is 1. The van der Waals surface area contributed by atoms with E-state index in [0.29, 0.717) is 5.69 Å². The molecule has 0 atom stereocenters. The van der Waals surface area contributed by atoms with Crippen LogP contribution in [0.2, 0.25) is 0 Å². The van der Waals surface area contributed by atoms with Crippen molar-refractivity contribution in [3.05, 3.63) is 24.0 Å². The molecule has 0 aliphatic heterocycles. The minimum Gasteiger partial charge on any atom is -0.480 e. The van der Waals surface area contributed by atoms with Crippen molar-refractivity contribution in [1.82, 2.24) is 4.98 Å². The van der Waals surface area contributed by atoms with E-state index in [1.165, 1.54) is 6.20 Å². The molecular weight excluding hydrogens is 206 g/mol. The number of hydrogen-bond donors (Lipinski definition) is 1. The van der Waals surface area contributed by atoms with Crippen LogP contribution in [0.3, 0.4) is 0 Å². The van der Waals surface area contributed by atoms with Crippen LogP contribution in [0.25, 0.3) is 0 Å². The molecule has 84 valence electrons. The van der Waals surface area contributed by atoms with Crippen molar-refractivity contribution in [2.24, 2.45) is 0 Å². The molecule has 16 heavy (non-hydrogen) atoms. The molecule has 0 aliphatic rings. The second kappa shape index (κ2) is 4.19. The number of pyridine rings is 1. The van der Waals surface area contributed by atoms with Crippen molar-refractivity contribution in [3.8, 4) is 6.07 Å². The standard InChI is InChI=1S/C11H13N3O2/c1-11(2,10(15)16)14(3)9-4-5-13-8(6-9)7-12/h4-6H,1-3H3,(H,15,16). The maximum Gasteiger partial charge on any atom is 0.328 e. The predicted octanol–water partition coefficient (Wildman–Crippen LogP) is 1.25. The number of rotatable bonds is 3. The van der Waals surface area contributed by atoms with E-state index >= 15 is 0 Å². The zero-order valence-electron chi connectivity index (χ0n) is 9.43. The zero-order chi connectivity index (χ0) is 12.3. The number of anilines is 1. The van der Waals surface area contributed by atoms with Gasteiger partial charge in [0.1, 0.15) is 17.3 Å². The number of nitrogens with zero attached hydrogens (tertiary/aromatic N) is 3. The third kappa shape index (κ3) is 2.11. The molecule has 0 saturated heterocycles. The Hall–Kier alpha value is -2.09. The second-order valence-corrected chi connectivity index (χ2v) is 3.93. The highest BCUT2D eigenvalue weighted by atomic mass is 16.4. The smallest absolute Gasteiger partial charge is 0.328 e. The number of carboxylic acid groups (broad SMARTS) is 1. The van der Waals surface area contributed by atoms with E-state index in [2.05, 4.69) is 4.98 Å². The van der Waals surface area contributed by atoms with Crippen LogP contribution in [0.5, 0.6) is 0 Å². The van der Waals surface area contributed by atoms with Gasteiger partial charge >= 0.3 is 5.97 Å². The van der Waals surface area contributed by atoms with Crippen molar-refractivity contribution in [2.75, 3.05) is 11.9 Å². The Labute approximate surface area is 93.9 Å². The Morgan fingerprint density at radius 2 is 2.25 bits per heavy atom. The van der Waals surface area contributed by atoms with Crippen LogP contribution in [0.15, 0.2) is 18.3 Å². The van der Waals surface area contributed by atoms with Gasteiger partial charge in [-0.3, -0.25) is 0 Å². The Kier molecular flexibility index (Phi) is 3.14. The van der Waals surface area contributed by atoms with E-state index in [1.807, 2.05) is 6.07 Å². The minimum atomic E-state index is -1.03. The molecule has 0 fully saturated rings. The van der Waals surface area contributed by atoms with Gasteiger partial charge in [0.2, 0.25) is 0 Å². The van der Waals surface area contributed by atoms with Gasteiger partial charge in [-0.25, -0.2) is 9.78 Å². The molecule has 1 aromatic rings. The summed E-state index contributed by atoms with van der Waals surface area (Å²) in [6.07, 6.45) is 1.49. The van der Waals surface area contributed by atoms with Crippen molar-refractivity contribution >= 4 is 11.7 Å². The molecule has 0 aromatic carbocycles. The summed E-state index contributed by atoms with van der Waals surface area (Å²) in [4.78, 5) is 16.5. The summed E-state index contributed by atoms with van der Waals surface area (Å²) in [6, 6.07) is 5.15. The molecular formula is C11H13N3O2. The number of likely N-dealkylation sites (N-methyl/N-ethyl adjacent to an activating group) is 1. The first-order chi connectivity index (χ1) is 7.39. The largest absolute Gasteiger partial charge is 0.480 e. The fourth-order valence-corrected chi connectivity index (χ4v) is 1.16. The fraction of sp³-hybridized carbons (Fsp3) is 0.364. The molecule has 0 radical (unpaired) electrons. The Bertz CT molecular complexity index is 449. The minimum absolute atomic E-state index is 0.269. The summed E-state index contributed by atoms with van der Waals surface area (Å²) in [7, 11) is 1.67. The molecule has 5 nitrogen and oxygen atoms in total. The van der Waals surface area contributed by atoms with Crippen LogP contribution in [0.4, 0.5) is 5.69 Å². The van der Waals surface area contributed by atoms with Gasteiger partial charge in [-0.1, -0.05) is 0 Å². The average molecular weight is 219 g/mol. The Balaban J connectivity index is 3.10. The molecule has 0 unspecified atom stereocenters. The number of nitriles is 1. The fourth-order valence-electron chi connectivity index (χ4n) is 1.16. The normalized spacial score (nSPS) is 10.6. The molecule has 0 spiro atoms. The van der Waals surface area contributed by atoms with Gasteiger partial charge in [-0.2, -0.15) is 5.26 Å². The van der Waals surface area contributed by atoms with Gasteiger partial charge in [0.15, 0.2) is 0 Å². The topological polar surface area (TPSA) is 77.2 Å². The predicted molar refractivity (Wildman–Crippen MR) is 59.1 cm³/mol. The molecule has 5 heteroatoms. The summed E-state index contributed by atoms with van der Waals surface area (Å²) in [5.74, 6) is -0.926. The van der Waals surface area contributed by atoms with E-state index in [9.17, 15) is 4.79 Å². The van der Waals surface area contributed by atoms with Gasteiger partial charge in [0, 0.05) is 18.9 Å². The SMILES string of the molecule is CN(c1ccnc(C#N)c1)C(C)(C)C(=O)O. The van der Waals surface area contributed by atoms with Gasteiger partial charge in [-0.05, 0) is 26.0 Å². The highest BCUT2D eigenvalue weighted by Crippen LogP contribution is 2.22. The molecule has 1 heterocycles. The summed E-state index contributed by atoms with van der Waals surface area (Å²) in [5, 5.41) is 17.8. The Morgan fingerprint density at radius 3 is 2.75 bits per heavy atom. The maximum absolute atomic E-state index is 11.1. The molecule has 0 bridgehead atoms. The lowest BCUT2D eigenvalue weighted by atomic mass is 10.0. The van der Waals surface area contributed by atoms with Crippen molar-refractivity contribution in [2.45, 2.75) is 19.4 Å². The summed E-state index contributed by atoms with van der Waals surface area (Å²) >= 11 is 0. The lowest BCUT2D eigenvalue weighted by Gasteiger charge is -2.33. The molecule has 1 N–H and O–H groups in total. The van der Waals surface area contributed by atoms with Crippen molar-refractivity contribution in [1.29, 1.82) is 5.26 Å². The lowest BCUT2D eigenvalue weighted by molar-refractivity contribution is -0.142. The monoisotopic (exact) mass is 219 g/mol. The van der Waals surface area contributed by atoms with Crippen LogP contribution < -0.4 is 4.90 Å². The molecule has 0 saturated carbocycles. The van der Waals surface area contributed by atoms with Crippen LogP contribution in [-0.4, -0.2) is 28.6 Å². The molecule has 1 aromatic heterocycles.